The normalized spacial score (nSPS) is 10.2. The van der Waals surface area contributed by atoms with Gasteiger partial charge < -0.3 is 10.4 Å². The van der Waals surface area contributed by atoms with E-state index in [9.17, 15) is 14.4 Å². The molecule has 8 heteroatoms. The van der Waals surface area contributed by atoms with Crippen molar-refractivity contribution in [1.82, 2.24) is 15.2 Å². The molecule has 1 aromatic heterocycles. The molecular weight excluding hydrogens is 252 g/mol. The molecule has 0 saturated heterocycles. The monoisotopic (exact) mass is 262 g/mol. The molecule has 0 aliphatic heterocycles. The highest BCUT2D eigenvalue weighted by molar-refractivity contribution is 5.90. The van der Waals surface area contributed by atoms with Gasteiger partial charge >= 0.3 is 11.7 Å². The summed E-state index contributed by atoms with van der Waals surface area (Å²) in [6, 6.07) is 4.59. The molecule has 2 aromatic rings. The molecule has 4 N–H and O–H groups in total. The third-order valence-corrected chi connectivity index (χ3v) is 2.44. The van der Waals surface area contributed by atoms with Crippen molar-refractivity contribution in [1.29, 1.82) is 0 Å². The lowest BCUT2D eigenvalue weighted by molar-refractivity contribution is 0.0696. The Morgan fingerprint density at radius 3 is 2.74 bits per heavy atom. The van der Waals surface area contributed by atoms with Gasteiger partial charge in [0.15, 0.2) is 0 Å². The summed E-state index contributed by atoms with van der Waals surface area (Å²) in [5.74, 6) is -1.19. The minimum absolute atomic E-state index is 0.117. The first-order valence-corrected chi connectivity index (χ1v) is 5.27. The number of carboxylic acids is 1. The number of hydrogen-bond donors (Lipinski definition) is 4. The minimum atomic E-state index is -1.07. The van der Waals surface area contributed by atoms with Gasteiger partial charge in [0.05, 0.1) is 5.56 Å². The number of anilines is 2. The van der Waals surface area contributed by atoms with Crippen LogP contribution in [0.2, 0.25) is 0 Å². The van der Waals surface area contributed by atoms with E-state index in [4.69, 9.17) is 5.11 Å². The summed E-state index contributed by atoms with van der Waals surface area (Å²) >= 11 is 0. The molecule has 0 atom stereocenters. The number of rotatable bonds is 3. The van der Waals surface area contributed by atoms with E-state index in [1.165, 1.54) is 6.07 Å². The predicted molar refractivity (Wildman–Crippen MR) is 66.9 cm³/mol. The fourth-order valence-corrected chi connectivity index (χ4v) is 1.50. The molecule has 8 nitrogen and oxygen atoms in total. The van der Waals surface area contributed by atoms with E-state index in [-0.39, 0.29) is 11.4 Å². The van der Waals surface area contributed by atoms with Gasteiger partial charge in [-0.25, -0.2) is 14.7 Å². The second-order valence-corrected chi connectivity index (χ2v) is 3.82. The molecule has 98 valence electrons. The number of H-pyrrole nitrogens is 2. The summed E-state index contributed by atoms with van der Waals surface area (Å²) in [5, 5.41) is 17.2. The van der Waals surface area contributed by atoms with Gasteiger partial charge in [0, 0.05) is 5.69 Å². The van der Waals surface area contributed by atoms with E-state index in [0.717, 1.165) is 0 Å². The molecule has 2 rings (SSSR count). The van der Waals surface area contributed by atoms with Gasteiger partial charge in [-0.3, -0.25) is 9.78 Å². The first-order chi connectivity index (χ1) is 8.97. The van der Waals surface area contributed by atoms with Crippen LogP contribution < -0.4 is 16.6 Å². The molecule has 1 heterocycles. The van der Waals surface area contributed by atoms with Crippen molar-refractivity contribution < 1.29 is 9.90 Å². The van der Waals surface area contributed by atoms with Gasteiger partial charge in [0.1, 0.15) is 0 Å². The van der Waals surface area contributed by atoms with Crippen LogP contribution in [-0.4, -0.2) is 26.3 Å². The maximum Gasteiger partial charge on any atom is 0.342 e. The lowest BCUT2D eigenvalue weighted by atomic mass is 10.1. The van der Waals surface area contributed by atoms with Gasteiger partial charge in [-0.15, -0.1) is 5.10 Å². The summed E-state index contributed by atoms with van der Waals surface area (Å²) in [6.45, 7) is 1.66. The maximum atomic E-state index is 11.4. The highest BCUT2D eigenvalue weighted by Gasteiger charge is 2.09. The van der Waals surface area contributed by atoms with Gasteiger partial charge in [-0.2, -0.15) is 0 Å². The van der Waals surface area contributed by atoms with Crippen LogP contribution >= 0.6 is 0 Å². The average Bonchev–Trinajstić information content (AvgIpc) is 2.34. The number of aromatic amines is 2. The summed E-state index contributed by atoms with van der Waals surface area (Å²) in [7, 11) is 0. The van der Waals surface area contributed by atoms with Crippen molar-refractivity contribution in [2.24, 2.45) is 0 Å². The van der Waals surface area contributed by atoms with E-state index in [1.807, 2.05) is 4.98 Å². The highest BCUT2D eigenvalue weighted by atomic mass is 16.4. The summed E-state index contributed by atoms with van der Waals surface area (Å²) in [5.41, 5.74) is -0.313. The van der Waals surface area contributed by atoms with Crippen molar-refractivity contribution in [3.05, 3.63) is 50.2 Å². The minimum Gasteiger partial charge on any atom is -0.478 e. The Bertz CT molecular complexity index is 747. The molecule has 0 aliphatic carbocycles. The Morgan fingerprint density at radius 1 is 1.37 bits per heavy atom. The molecule has 0 bridgehead atoms. The lowest BCUT2D eigenvalue weighted by Crippen LogP contribution is -2.25. The molecular formula is C11H10N4O4. The van der Waals surface area contributed by atoms with Crippen molar-refractivity contribution in [2.75, 3.05) is 5.32 Å². The number of carbonyl (C=O) groups is 1. The fraction of sp³-hybridized carbons (Fsp3) is 0.0909. The maximum absolute atomic E-state index is 11.4. The van der Waals surface area contributed by atoms with Crippen molar-refractivity contribution in [3.63, 3.8) is 0 Å². The molecule has 0 saturated carbocycles. The number of benzene rings is 1. The van der Waals surface area contributed by atoms with Crippen LogP contribution in [0.15, 0.2) is 27.8 Å². The fourth-order valence-electron chi connectivity index (χ4n) is 1.50. The standard InChI is InChI=1S/C11H10N4O4/c1-5-2-3-6(4-7(5)10(17)18)12-8-9(16)13-11(19)15-14-8/h2-4H,1H3,(H,12,14)(H,17,18)(H2,13,15,16,19). The van der Waals surface area contributed by atoms with Crippen molar-refractivity contribution >= 4 is 17.5 Å². The van der Waals surface area contributed by atoms with E-state index < -0.39 is 17.2 Å². The highest BCUT2D eigenvalue weighted by Crippen LogP contribution is 2.17. The zero-order chi connectivity index (χ0) is 14.0. The number of aromatic nitrogens is 3. The lowest BCUT2D eigenvalue weighted by Gasteiger charge is -2.06. The molecule has 19 heavy (non-hydrogen) atoms. The molecule has 0 spiro atoms. The van der Waals surface area contributed by atoms with Gasteiger partial charge in [0.25, 0.3) is 5.56 Å². The van der Waals surface area contributed by atoms with Gasteiger partial charge in [0.2, 0.25) is 5.82 Å². The third-order valence-electron chi connectivity index (χ3n) is 2.44. The Labute approximate surface area is 106 Å². The second-order valence-electron chi connectivity index (χ2n) is 3.82. The quantitative estimate of drug-likeness (QED) is 0.626. The molecule has 0 fully saturated rings. The van der Waals surface area contributed by atoms with Gasteiger partial charge in [-0.05, 0) is 24.6 Å². The summed E-state index contributed by atoms with van der Waals surface area (Å²) in [4.78, 5) is 35.2. The van der Waals surface area contributed by atoms with E-state index in [0.29, 0.717) is 11.3 Å². The number of carboxylic acid groups (broad SMARTS) is 1. The summed E-state index contributed by atoms with van der Waals surface area (Å²) < 4.78 is 0. The third kappa shape index (κ3) is 2.68. The molecule has 0 radical (unpaired) electrons. The van der Waals surface area contributed by atoms with E-state index >= 15 is 0 Å². The molecule has 0 unspecified atom stereocenters. The zero-order valence-corrected chi connectivity index (χ0v) is 9.85. The number of aryl methyl sites for hydroxylation is 1. The van der Waals surface area contributed by atoms with Crippen LogP contribution in [0.3, 0.4) is 0 Å². The first kappa shape index (κ1) is 12.6. The molecule has 0 amide bonds. The molecule has 1 aromatic carbocycles. The number of nitrogens with zero attached hydrogens (tertiary/aromatic N) is 1. The summed E-state index contributed by atoms with van der Waals surface area (Å²) in [6.07, 6.45) is 0. The number of aromatic carboxylic acids is 1. The van der Waals surface area contributed by atoms with E-state index in [1.54, 1.807) is 19.1 Å². The first-order valence-electron chi connectivity index (χ1n) is 5.27. The van der Waals surface area contributed by atoms with Crippen LogP contribution in [0, 0.1) is 6.92 Å². The Balaban J connectivity index is 2.39. The van der Waals surface area contributed by atoms with Crippen molar-refractivity contribution in [2.45, 2.75) is 6.92 Å². The number of nitrogens with one attached hydrogen (secondary N) is 3. The zero-order valence-electron chi connectivity index (χ0n) is 9.85. The molecule has 0 aliphatic rings. The Hall–Kier alpha value is -2.90. The second kappa shape index (κ2) is 4.77. The van der Waals surface area contributed by atoms with Crippen LogP contribution in [0.5, 0.6) is 0 Å². The van der Waals surface area contributed by atoms with Crippen molar-refractivity contribution in [3.8, 4) is 0 Å². The van der Waals surface area contributed by atoms with Crippen LogP contribution in [0.25, 0.3) is 0 Å². The van der Waals surface area contributed by atoms with Crippen LogP contribution in [-0.2, 0) is 0 Å². The average molecular weight is 262 g/mol. The van der Waals surface area contributed by atoms with Crippen LogP contribution in [0.1, 0.15) is 15.9 Å². The predicted octanol–water partition coefficient (Wildman–Crippen LogP) is 0.208. The Kier molecular flexibility index (Phi) is 3.15. The SMILES string of the molecule is Cc1ccc(Nc2n[nH]c(=O)[nH]c2=O)cc1C(=O)O. The smallest absolute Gasteiger partial charge is 0.342 e. The largest absolute Gasteiger partial charge is 0.478 e. The van der Waals surface area contributed by atoms with Gasteiger partial charge in [-0.1, -0.05) is 6.07 Å². The topological polar surface area (TPSA) is 128 Å². The number of hydrogen-bond acceptors (Lipinski definition) is 5. The van der Waals surface area contributed by atoms with E-state index in [2.05, 4.69) is 15.5 Å². The Morgan fingerprint density at radius 2 is 2.11 bits per heavy atom. The van der Waals surface area contributed by atoms with Crippen LogP contribution in [0.4, 0.5) is 11.5 Å².